The number of piperidine rings is 1. The summed E-state index contributed by atoms with van der Waals surface area (Å²) in [6.45, 7) is 1.92. The van der Waals surface area contributed by atoms with Crippen LogP contribution < -0.4 is 10.6 Å². The van der Waals surface area contributed by atoms with E-state index < -0.39 is 11.6 Å². The summed E-state index contributed by atoms with van der Waals surface area (Å²) in [5.41, 5.74) is 3.73. The molecule has 0 bridgehead atoms. The third-order valence-corrected chi connectivity index (χ3v) is 6.34. The molecule has 1 atom stereocenters. The summed E-state index contributed by atoms with van der Waals surface area (Å²) in [4.78, 5) is 21.3. The van der Waals surface area contributed by atoms with E-state index in [4.69, 9.17) is 11.6 Å². The van der Waals surface area contributed by atoms with Crippen molar-refractivity contribution in [2.75, 3.05) is 18.4 Å². The first kappa shape index (κ1) is 22.4. The molecule has 4 aromatic rings. The lowest BCUT2D eigenvalue weighted by atomic mass is 9.99. The van der Waals surface area contributed by atoms with Gasteiger partial charge in [0.25, 0.3) is 0 Å². The number of hydrogen-bond acceptors (Lipinski definition) is 4. The predicted octanol–water partition coefficient (Wildman–Crippen LogP) is 5.02. The Hall–Kier alpha value is -3.36. The second-order valence-electron chi connectivity index (χ2n) is 8.41. The lowest BCUT2D eigenvalue weighted by molar-refractivity contribution is -0.120. The van der Waals surface area contributed by atoms with Crippen LogP contribution in [0, 0.1) is 17.6 Å². The van der Waals surface area contributed by atoms with E-state index in [0.29, 0.717) is 29.5 Å². The van der Waals surface area contributed by atoms with E-state index in [0.717, 1.165) is 47.6 Å². The average Bonchev–Trinajstić information content (AvgIpc) is 3.25. The zero-order valence-electron chi connectivity index (χ0n) is 18.2. The molecule has 0 radical (unpaired) electrons. The second kappa shape index (κ2) is 9.48. The summed E-state index contributed by atoms with van der Waals surface area (Å²) in [6, 6.07) is 11.3. The van der Waals surface area contributed by atoms with Gasteiger partial charge in [-0.05, 0) is 60.8 Å². The van der Waals surface area contributed by atoms with E-state index in [1.165, 1.54) is 12.3 Å². The molecule has 6 nitrogen and oxygen atoms in total. The minimum absolute atomic E-state index is 0.0620. The molecule has 174 valence electrons. The number of pyridine rings is 1. The molecular formula is C25H22ClF2N5O. The maximum atomic E-state index is 13.6. The molecule has 9 heteroatoms. The molecule has 1 unspecified atom stereocenters. The lowest BCUT2D eigenvalue weighted by Crippen LogP contribution is -2.37. The molecular weight excluding hydrogens is 460 g/mol. The van der Waals surface area contributed by atoms with Gasteiger partial charge in [0, 0.05) is 24.8 Å². The molecule has 1 fully saturated rings. The van der Waals surface area contributed by atoms with Crippen LogP contribution in [0.4, 0.5) is 14.6 Å². The molecule has 1 saturated heterocycles. The molecule has 2 aromatic heterocycles. The van der Waals surface area contributed by atoms with E-state index in [9.17, 15) is 13.6 Å². The van der Waals surface area contributed by atoms with E-state index in [-0.39, 0.29) is 11.8 Å². The Balaban J connectivity index is 1.43. The first-order chi connectivity index (χ1) is 16.5. The van der Waals surface area contributed by atoms with Crippen LogP contribution in [0.2, 0.25) is 5.02 Å². The van der Waals surface area contributed by atoms with Crippen molar-refractivity contribution in [3.63, 3.8) is 0 Å². The van der Waals surface area contributed by atoms with Crippen LogP contribution in [0.5, 0.6) is 0 Å². The highest BCUT2D eigenvalue weighted by Gasteiger charge is 2.21. The summed E-state index contributed by atoms with van der Waals surface area (Å²) >= 11 is 6.46. The molecule has 2 aromatic carbocycles. The number of aromatic nitrogens is 3. The van der Waals surface area contributed by atoms with Crippen molar-refractivity contribution >= 4 is 34.4 Å². The summed E-state index contributed by atoms with van der Waals surface area (Å²) in [6.07, 6.45) is 5.00. The smallest absolute Gasteiger partial charge is 0.229 e. The topological polar surface area (TPSA) is 71.8 Å². The summed E-state index contributed by atoms with van der Waals surface area (Å²) in [5, 5.41) is 6.59. The fraction of sp³-hybridized carbons (Fsp3) is 0.240. The number of amides is 1. The molecule has 2 N–H and O–H groups in total. The van der Waals surface area contributed by atoms with Crippen molar-refractivity contribution in [2.45, 2.75) is 19.4 Å². The largest absolute Gasteiger partial charge is 0.326 e. The van der Waals surface area contributed by atoms with Gasteiger partial charge in [-0.2, -0.15) is 0 Å². The van der Waals surface area contributed by atoms with Gasteiger partial charge in [0.15, 0.2) is 11.6 Å². The highest BCUT2D eigenvalue weighted by Crippen LogP contribution is 2.32. The standard InChI is InChI=1S/C25H22ClF2N5O/c26-19-12-30-24(32-25(34)17-2-1-7-29-11-17)10-18(19)16-4-6-22-23(9-16)33(14-31-22)13-15-3-5-20(27)21(28)8-15/h3-6,8-10,12,14,17,29H,1-2,7,11,13H2,(H,30,32,34). The normalized spacial score (nSPS) is 16.0. The lowest BCUT2D eigenvalue weighted by Gasteiger charge is -2.21. The Bertz CT molecular complexity index is 1370. The van der Waals surface area contributed by atoms with Crippen molar-refractivity contribution in [3.05, 3.63) is 77.2 Å². The Morgan fingerprint density at radius 3 is 2.82 bits per heavy atom. The predicted molar refractivity (Wildman–Crippen MR) is 128 cm³/mol. The number of carbonyl (C=O) groups excluding carboxylic acids is 1. The number of rotatable bonds is 5. The number of carbonyl (C=O) groups is 1. The second-order valence-corrected chi connectivity index (χ2v) is 8.81. The molecule has 0 spiro atoms. The van der Waals surface area contributed by atoms with Gasteiger partial charge in [-0.15, -0.1) is 0 Å². The Labute approximate surface area is 200 Å². The monoisotopic (exact) mass is 481 g/mol. The quantitative estimate of drug-likeness (QED) is 0.420. The number of imidazole rings is 1. The minimum Gasteiger partial charge on any atom is -0.326 e. The Kier molecular flexibility index (Phi) is 6.26. The van der Waals surface area contributed by atoms with E-state index >= 15 is 0 Å². The van der Waals surface area contributed by atoms with Gasteiger partial charge < -0.3 is 15.2 Å². The molecule has 1 amide bonds. The van der Waals surface area contributed by atoms with E-state index in [2.05, 4.69) is 20.6 Å². The molecule has 34 heavy (non-hydrogen) atoms. The molecule has 1 aliphatic rings. The molecule has 3 heterocycles. The summed E-state index contributed by atoms with van der Waals surface area (Å²) in [5.74, 6) is -1.48. The van der Waals surface area contributed by atoms with Crippen molar-refractivity contribution in [1.29, 1.82) is 0 Å². The van der Waals surface area contributed by atoms with E-state index in [1.807, 2.05) is 22.8 Å². The van der Waals surface area contributed by atoms with Crippen LogP contribution >= 0.6 is 11.6 Å². The summed E-state index contributed by atoms with van der Waals surface area (Å²) in [7, 11) is 0. The van der Waals surface area contributed by atoms with E-state index in [1.54, 1.807) is 18.5 Å². The zero-order chi connectivity index (χ0) is 23.7. The number of benzene rings is 2. The third-order valence-electron chi connectivity index (χ3n) is 6.04. The Morgan fingerprint density at radius 1 is 1.15 bits per heavy atom. The van der Waals surface area contributed by atoms with Crippen LogP contribution in [-0.4, -0.2) is 33.5 Å². The first-order valence-electron chi connectivity index (χ1n) is 11.0. The van der Waals surface area contributed by atoms with Crippen LogP contribution in [0.15, 0.2) is 55.0 Å². The number of anilines is 1. The number of halogens is 3. The zero-order valence-corrected chi connectivity index (χ0v) is 18.9. The van der Waals surface area contributed by atoms with Gasteiger partial charge in [-0.1, -0.05) is 23.7 Å². The SMILES string of the molecule is O=C(Nc1cc(-c2ccc3ncn(Cc4ccc(F)c(F)c4)c3c2)c(Cl)cn1)C1CCCNC1. The molecule has 0 saturated carbocycles. The van der Waals surface area contributed by atoms with Crippen molar-refractivity contribution in [1.82, 2.24) is 19.9 Å². The van der Waals surface area contributed by atoms with Crippen molar-refractivity contribution < 1.29 is 13.6 Å². The minimum atomic E-state index is -0.884. The maximum Gasteiger partial charge on any atom is 0.229 e. The fourth-order valence-electron chi connectivity index (χ4n) is 4.22. The van der Waals surface area contributed by atoms with Gasteiger partial charge in [-0.3, -0.25) is 4.79 Å². The number of hydrogen-bond donors (Lipinski definition) is 2. The fourth-order valence-corrected chi connectivity index (χ4v) is 4.43. The Morgan fingerprint density at radius 2 is 2.03 bits per heavy atom. The molecule has 0 aliphatic carbocycles. The molecule has 5 rings (SSSR count). The maximum absolute atomic E-state index is 13.6. The highest BCUT2D eigenvalue weighted by atomic mass is 35.5. The number of fused-ring (bicyclic) bond motifs is 1. The molecule has 1 aliphatic heterocycles. The van der Waals surface area contributed by atoms with Crippen molar-refractivity contribution in [3.8, 4) is 11.1 Å². The highest BCUT2D eigenvalue weighted by molar-refractivity contribution is 6.33. The van der Waals surface area contributed by atoms with Gasteiger partial charge in [0.2, 0.25) is 5.91 Å². The third kappa shape index (κ3) is 4.64. The van der Waals surface area contributed by atoms with Crippen molar-refractivity contribution in [2.24, 2.45) is 5.92 Å². The van der Waals surface area contributed by atoms with Crippen LogP contribution in [0.3, 0.4) is 0 Å². The average molecular weight is 482 g/mol. The van der Waals surface area contributed by atoms with Crippen LogP contribution in [-0.2, 0) is 11.3 Å². The van der Waals surface area contributed by atoms with Gasteiger partial charge in [-0.25, -0.2) is 18.7 Å². The summed E-state index contributed by atoms with van der Waals surface area (Å²) < 4.78 is 28.8. The van der Waals surface area contributed by atoms with Crippen LogP contribution in [0.25, 0.3) is 22.2 Å². The van der Waals surface area contributed by atoms with Gasteiger partial charge in [0.1, 0.15) is 5.82 Å². The van der Waals surface area contributed by atoms with Gasteiger partial charge in [0.05, 0.1) is 28.3 Å². The number of nitrogens with zero attached hydrogens (tertiary/aromatic N) is 3. The van der Waals surface area contributed by atoms with Gasteiger partial charge >= 0.3 is 0 Å². The number of nitrogens with one attached hydrogen (secondary N) is 2. The first-order valence-corrected chi connectivity index (χ1v) is 11.4. The van der Waals surface area contributed by atoms with Crippen LogP contribution in [0.1, 0.15) is 18.4 Å².